The van der Waals surface area contributed by atoms with Crippen molar-refractivity contribution in [3.8, 4) is 0 Å². The highest BCUT2D eigenvalue weighted by Gasteiger charge is 2.26. The minimum atomic E-state index is -0.0361. The van der Waals surface area contributed by atoms with Gasteiger partial charge in [-0.25, -0.2) is 0 Å². The third-order valence-electron chi connectivity index (χ3n) is 4.97. The molecule has 0 bridgehead atoms. The number of hydrogen-bond acceptors (Lipinski definition) is 3. The number of carbonyl (C=O) groups excluding carboxylic acids is 2. The van der Waals surface area contributed by atoms with Crippen LogP contribution in [0.4, 0.5) is 0 Å². The molecule has 2 aromatic rings. The highest BCUT2D eigenvalue weighted by molar-refractivity contribution is 5.96. The summed E-state index contributed by atoms with van der Waals surface area (Å²) in [6.07, 6.45) is 3.16. The molecular weight excluding hydrogens is 316 g/mol. The first kappa shape index (κ1) is 17.2. The molecule has 1 aromatic carbocycles. The monoisotopic (exact) mass is 340 g/mol. The largest absolute Gasteiger partial charge is 0.349 e. The predicted molar refractivity (Wildman–Crippen MR) is 95.5 cm³/mol. The molecule has 6 nitrogen and oxygen atoms in total. The highest BCUT2D eigenvalue weighted by Crippen LogP contribution is 2.17. The van der Waals surface area contributed by atoms with Crippen molar-refractivity contribution in [1.82, 2.24) is 20.0 Å². The number of benzene rings is 1. The quantitative estimate of drug-likeness (QED) is 0.930. The second-order valence-corrected chi connectivity index (χ2v) is 6.62. The Bertz CT molecular complexity index is 788. The number of nitrogens with zero attached hydrogens (tertiary/aromatic N) is 3. The van der Waals surface area contributed by atoms with E-state index in [4.69, 9.17) is 0 Å². The number of piperidine rings is 1. The maximum absolute atomic E-state index is 12.6. The fourth-order valence-electron chi connectivity index (χ4n) is 3.20. The number of rotatable bonds is 3. The van der Waals surface area contributed by atoms with Crippen LogP contribution in [0, 0.1) is 13.8 Å². The summed E-state index contributed by atoms with van der Waals surface area (Å²) < 4.78 is 1.71. The molecule has 1 aliphatic heterocycles. The molecule has 1 aliphatic rings. The Kier molecular flexibility index (Phi) is 4.88. The topological polar surface area (TPSA) is 67.2 Å². The Labute approximate surface area is 147 Å². The van der Waals surface area contributed by atoms with Crippen molar-refractivity contribution < 1.29 is 9.59 Å². The Balaban J connectivity index is 1.57. The second-order valence-electron chi connectivity index (χ2n) is 6.62. The average Bonchev–Trinajstić information content (AvgIpc) is 2.94. The van der Waals surface area contributed by atoms with Crippen molar-refractivity contribution in [2.24, 2.45) is 7.05 Å². The van der Waals surface area contributed by atoms with Crippen LogP contribution in [-0.2, 0) is 7.05 Å². The number of aryl methyl sites for hydroxylation is 2. The predicted octanol–water partition coefficient (Wildman–Crippen LogP) is 2.07. The van der Waals surface area contributed by atoms with Crippen molar-refractivity contribution in [3.63, 3.8) is 0 Å². The summed E-state index contributed by atoms with van der Waals surface area (Å²) in [5.41, 5.74) is 3.22. The van der Waals surface area contributed by atoms with E-state index in [2.05, 4.69) is 10.4 Å². The average molecular weight is 340 g/mol. The van der Waals surface area contributed by atoms with Gasteiger partial charge in [0.25, 0.3) is 11.8 Å². The van der Waals surface area contributed by atoms with Crippen molar-refractivity contribution in [2.45, 2.75) is 32.7 Å². The molecule has 0 unspecified atom stereocenters. The Morgan fingerprint density at radius 3 is 2.40 bits per heavy atom. The molecule has 6 heteroatoms. The number of carbonyl (C=O) groups is 2. The fourth-order valence-corrected chi connectivity index (χ4v) is 3.20. The van der Waals surface area contributed by atoms with Crippen molar-refractivity contribution in [3.05, 3.63) is 52.8 Å². The zero-order chi connectivity index (χ0) is 18.0. The molecule has 2 amide bonds. The van der Waals surface area contributed by atoms with Gasteiger partial charge in [-0.15, -0.1) is 0 Å². The minimum Gasteiger partial charge on any atom is -0.349 e. The van der Waals surface area contributed by atoms with Gasteiger partial charge in [0.05, 0.1) is 11.8 Å². The molecule has 1 fully saturated rings. The van der Waals surface area contributed by atoms with E-state index in [1.807, 2.05) is 50.1 Å². The van der Waals surface area contributed by atoms with Crippen LogP contribution >= 0.6 is 0 Å². The molecule has 132 valence electrons. The van der Waals surface area contributed by atoms with Gasteiger partial charge in [-0.05, 0) is 38.3 Å². The lowest BCUT2D eigenvalue weighted by Gasteiger charge is -2.32. The lowest BCUT2D eigenvalue weighted by atomic mass is 10.0. The summed E-state index contributed by atoms with van der Waals surface area (Å²) >= 11 is 0. The SMILES string of the molecule is Cc1ccccc1C(=O)NC1CCN(C(=O)c2cnn(C)c2C)CC1. The molecule has 0 saturated carbocycles. The van der Waals surface area contributed by atoms with Crippen LogP contribution in [0.2, 0.25) is 0 Å². The second kappa shape index (κ2) is 7.09. The number of amides is 2. The van der Waals surface area contributed by atoms with E-state index in [0.717, 1.165) is 24.1 Å². The van der Waals surface area contributed by atoms with Gasteiger partial charge in [0.15, 0.2) is 0 Å². The first-order valence-corrected chi connectivity index (χ1v) is 8.61. The summed E-state index contributed by atoms with van der Waals surface area (Å²) in [6.45, 7) is 5.12. The van der Waals surface area contributed by atoms with E-state index in [1.165, 1.54) is 0 Å². The first-order valence-electron chi connectivity index (χ1n) is 8.61. The van der Waals surface area contributed by atoms with Gasteiger partial charge < -0.3 is 10.2 Å². The number of likely N-dealkylation sites (tertiary alicyclic amines) is 1. The van der Waals surface area contributed by atoms with Crippen LogP contribution in [0.25, 0.3) is 0 Å². The van der Waals surface area contributed by atoms with Gasteiger partial charge in [0, 0.05) is 37.4 Å². The van der Waals surface area contributed by atoms with E-state index in [9.17, 15) is 9.59 Å². The molecule has 0 atom stereocenters. The lowest BCUT2D eigenvalue weighted by molar-refractivity contribution is 0.0697. The van der Waals surface area contributed by atoms with Crippen LogP contribution in [0.1, 0.15) is 44.8 Å². The number of nitrogens with one attached hydrogen (secondary N) is 1. The highest BCUT2D eigenvalue weighted by atomic mass is 16.2. The molecule has 1 aromatic heterocycles. The van der Waals surface area contributed by atoms with Crippen LogP contribution in [0.3, 0.4) is 0 Å². The molecule has 0 aliphatic carbocycles. The maximum atomic E-state index is 12.6. The lowest BCUT2D eigenvalue weighted by Crippen LogP contribution is -2.46. The van der Waals surface area contributed by atoms with Crippen LogP contribution < -0.4 is 5.32 Å². The summed E-state index contributed by atoms with van der Waals surface area (Å²) in [5, 5.41) is 7.24. The van der Waals surface area contributed by atoms with Crippen molar-refractivity contribution in [1.29, 1.82) is 0 Å². The van der Waals surface area contributed by atoms with E-state index in [1.54, 1.807) is 10.9 Å². The molecule has 3 rings (SSSR count). The van der Waals surface area contributed by atoms with E-state index in [0.29, 0.717) is 24.2 Å². The van der Waals surface area contributed by atoms with E-state index < -0.39 is 0 Å². The molecule has 0 spiro atoms. The normalized spacial score (nSPS) is 15.2. The van der Waals surface area contributed by atoms with Gasteiger partial charge in [0.2, 0.25) is 0 Å². The number of aromatic nitrogens is 2. The zero-order valence-corrected chi connectivity index (χ0v) is 15.0. The third-order valence-corrected chi connectivity index (χ3v) is 4.97. The van der Waals surface area contributed by atoms with Gasteiger partial charge in [-0.2, -0.15) is 5.10 Å². The maximum Gasteiger partial charge on any atom is 0.257 e. The molecule has 1 N–H and O–H groups in total. The van der Waals surface area contributed by atoms with Crippen LogP contribution in [0.5, 0.6) is 0 Å². The fraction of sp³-hybridized carbons (Fsp3) is 0.421. The van der Waals surface area contributed by atoms with Gasteiger partial charge in [0.1, 0.15) is 0 Å². The summed E-state index contributed by atoms with van der Waals surface area (Å²) in [4.78, 5) is 26.9. The molecule has 25 heavy (non-hydrogen) atoms. The van der Waals surface area contributed by atoms with Gasteiger partial charge >= 0.3 is 0 Å². The third kappa shape index (κ3) is 3.57. The minimum absolute atomic E-state index is 0.0225. The Hall–Kier alpha value is -2.63. The zero-order valence-electron chi connectivity index (χ0n) is 15.0. The van der Waals surface area contributed by atoms with Crippen molar-refractivity contribution >= 4 is 11.8 Å². The standard InChI is InChI=1S/C19H24N4O2/c1-13-6-4-5-7-16(13)18(24)21-15-8-10-23(11-9-15)19(25)17-12-20-22(3)14(17)2/h4-7,12,15H,8-11H2,1-3H3,(H,21,24). The molecular formula is C19H24N4O2. The Morgan fingerprint density at radius 2 is 1.80 bits per heavy atom. The summed E-state index contributed by atoms with van der Waals surface area (Å²) in [7, 11) is 1.83. The molecule has 2 heterocycles. The van der Waals surface area contributed by atoms with Crippen LogP contribution in [0.15, 0.2) is 30.5 Å². The smallest absolute Gasteiger partial charge is 0.257 e. The van der Waals surface area contributed by atoms with Gasteiger partial charge in [-0.3, -0.25) is 14.3 Å². The number of hydrogen-bond donors (Lipinski definition) is 1. The van der Waals surface area contributed by atoms with E-state index >= 15 is 0 Å². The summed E-state index contributed by atoms with van der Waals surface area (Å²) in [6, 6.07) is 7.68. The van der Waals surface area contributed by atoms with Crippen molar-refractivity contribution in [2.75, 3.05) is 13.1 Å². The summed E-state index contributed by atoms with van der Waals surface area (Å²) in [5.74, 6) is -0.0136. The molecule has 0 radical (unpaired) electrons. The molecule has 1 saturated heterocycles. The van der Waals surface area contributed by atoms with E-state index in [-0.39, 0.29) is 17.9 Å². The van der Waals surface area contributed by atoms with Gasteiger partial charge in [-0.1, -0.05) is 18.2 Å². The first-order chi connectivity index (χ1) is 12.0. The van der Waals surface area contributed by atoms with Crippen LogP contribution in [-0.4, -0.2) is 45.6 Å². The Morgan fingerprint density at radius 1 is 1.12 bits per heavy atom.